The number of benzene rings is 3. The van der Waals surface area contributed by atoms with E-state index in [2.05, 4.69) is 31.2 Å². The number of unbranched alkanes of at least 4 members (excludes halogenated alkanes) is 1. The average molecular weight is 1230 g/mol. The summed E-state index contributed by atoms with van der Waals surface area (Å²) in [6.07, 6.45) is 1.69. The van der Waals surface area contributed by atoms with Crippen molar-refractivity contribution in [2.45, 2.75) is 155 Å². The third kappa shape index (κ3) is 17.1. The molecule has 4 heterocycles. The van der Waals surface area contributed by atoms with Gasteiger partial charge in [0.25, 0.3) is 11.4 Å². The number of amides is 7. The van der Waals surface area contributed by atoms with Crippen LogP contribution in [0, 0.1) is 18.3 Å². The van der Waals surface area contributed by atoms with E-state index in [4.69, 9.17) is 22.1 Å². The van der Waals surface area contributed by atoms with Crippen LogP contribution in [0.5, 0.6) is 5.75 Å². The normalized spacial score (nSPS) is 17.7. The second-order valence-electron chi connectivity index (χ2n) is 23.5. The predicted molar refractivity (Wildman–Crippen MR) is 321 cm³/mol. The van der Waals surface area contributed by atoms with Crippen molar-refractivity contribution in [2.24, 2.45) is 17.1 Å². The van der Waals surface area contributed by atoms with E-state index in [0.717, 1.165) is 27.3 Å². The van der Waals surface area contributed by atoms with Crippen LogP contribution in [0.2, 0.25) is 5.02 Å². The lowest BCUT2D eigenvalue weighted by molar-refractivity contribution is -0.144. The van der Waals surface area contributed by atoms with Gasteiger partial charge < -0.3 is 61.4 Å². The monoisotopic (exact) mass is 1230 g/mol. The third-order valence-corrected chi connectivity index (χ3v) is 17.4. The predicted octanol–water partition coefficient (Wildman–Crippen LogP) is 6.62. The van der Waals surface area contributed by atoms with E-state index in [1.807, 2.05) is 78.8 Å². The fourth-order valence-corrected chi connectivity index (χ4v) is 12.3. The Morgan fingerprint density at radius 3 is 2.27 bits per heavy atom. The molecule has 3 aromatic carbocycles. The number of aryl methyl sites for hydroxylation is 2. The van der Waals surface area contributed by atoms with Crippen LogP contribution in [0.4, 0.5) is 0 Å². The van der Waals surface area contributed by atoms with Crippen molar-refractivity contribution in [1.29, 1.82) is 0 Å². The number of fused-ring (bicyclic) bond motifs is 1. The number of nitrogens with two attached hydrogens (primary N) is 1. The summed E-state index contributed by atoms with van der Waals surface area (Å²) in [5.74, 6) is -3.21. The summed E-state index contributed by atoms with van der Waals surface area (Å²) < 4.78 is 17.8. The first-order valence-corrected chi connectivity index (χ1v) is 31.4. The molecule has 0 bridgehead atoms. The zero-order chi connectivity index (χ0) is 62.1. The number of H-pyrrole nitrogens is 1. The molecule has 5 aromatic rings. The minimum atomic E-state index is -5.06. The fraction of sp³-hybridized carbons (Fsp3) is 0.483. The van der Waals surface area contributed by atoms with Gasteiger partial charge in [-0.15, -0.1) is 11.3 Å². The first-order valence-electron chi connectivity index (χ1n) is 28.5. The number of carbonyl (C=O) groups excluding carboxylic acids is 8. The van der Waals surface area contributed by atoms with Gasteiger partial charge in [0, 0.05) is 48.8 Å². The number of nitrogens with one attached hydrogen (secondary N) is 5. The molecule has 7 rings (SSSR count). The summed E-state index contributed by atoms with van der Waals surface area (Å²) in [6, 6.07) is 13.3. The average Bonchev–Trinajstić information content (AvgIpc) is 4.51. The van der Waals surface area contributed by atoms with E-state index in [9.17, 15) is 57.8 Å². The van der Waals surface area contributed by atoms with Gasteiger partial charge in [0.05, 0.1) is 39.3 Å². The van der Waals surface area contributed by atoms with Crippen molar-refractivity contribution < 1.29 is 62.6 Å². The molecule has 0 aliphatic carbocycles. The van der Waals surface area contributed by atoms with E-state index in [-0.39, 0.29) is 74.9 Å². The smallest absolute Gasteiger partial charge is 0.396 e. The molecule has 7 atom stereocenters. The first-order chi connectivity index (χ1) is 40.1. The van der Waals surface area contributed by atoms with Crippen molar-refractivity contribution >= 4 is 88.3 Å². The molecular formula is C60H77ClN9O13PS. The number of hydrogen-bond acceptors (Lipinski definition) is 13. The highest BCUT2D eigenvalue weighted by Gasteiger charge is 2.45. The molecule has 7 amide bonds. The number of likely N-dealkylation sites (tertiary alicyclic amines) is 2. The number of aliphatic hydroxyl groups is 1. The second-order valence-corrected chi connectivity index (χ2v) is 26.2. The van der Waals surface area contributed by atoms with Crippen LogP contribution in [0.15, 0.2) is 72.2 Å². The summed E-state index contributed by atoms with van der Waals surface area (Å²) in [7, 11) is -5.06. The lowest BCUT2D eigenvalue weighted by atomic mass is 9.85. The Bertz CT molecular complexity index is 3320. The van der Waals surface area contributed by atoms with Gasteiger partial charge in [-0.1, -0.05) is 82.6 Å². The lowest BCUT2D eigenvalue weighted by Gasteiger charge is -2.35. The maximum Gasteiger partial charge on any atom is 0.396 e. The molecule has 25 heteroatoms. The van der Waals surface area contributed by atoms with E-state index < -0.39 is 96.3 Å². The molecule has 2 aliphatic rings. The van der Waals surface area contributed by atoms with Crippen LogP contribution < -0.4 is 31.7 Å². The van der Waals surface area contributed by atoms with Crippen LogP contribution in [-0.4, -0.2) is 138 Å². The minimum absolute atomic E-state index is 0.0319. The Morgan fingerprint density at radius 1 is 0.894 bits per heavy atom. The number of hydrogen-bond donors (Lipinski definition) is 9. The molecule has 2 aliphatic heterocycles. The van der Waals surface area contributed by atoms with Crippen LogP contribution in [0.3, 0.4) is 0 Å². The van der Waals surface area contributed by atoms with Crippen molar-refractivity contribution in [1.82, 2.24) is 41.0 Å². The Balaban J connectivity index is 0.912. The number of ether oxygens (including phenoxy) is 1. The highest BCUT2D eigenvalue weighted by atomic mass is 35.5. The van der Waals surface area contributed by atoms with Gasteiger partial charge in [-0.25, -0.2) is 4.98 Å². The molecule has 0 spiro atoms. The van der Waals surface area contributed by atoms with Crippen molar-refractivity contribution in [3.63, 3.8) is 0 Å². The Kier molecular flexibility index (Phi) is 21.9. The van der Waals surface area contributed by atoms with Gasteiger partial charge in [-0.05, 0) is 117 Å². The van der Waals surface area contributed by atoms with Gasteiger partial charge in [0.1, 0.15) is 42.2 Å². The molecule has 1 unspecified atom stereocenters. The molecule has 0 radical (unpaired) electrons. The number of nitrogens with zero attached hydrogens (tertiary/aromatic N) is 3. The number of β-amino-alcohol motifs (C(OH)–C–C–N with tert-alkyl or cyclic N) is 1. The number of rotatable bonds is 26. The fourth-order valence-electron chi connectivity index (χ4n) is 10.7. The standard InChI is InChI=1S/C60H77ClN9O13PS/c1-33(2)26-45(67-54(74)44-28-40-27-39(21-23-43(40)66-44)59(79)84(80,81)82)57(77)69-25-11-14-46(69)55(75)65-41(22-24-49(62)72)31-83-48-15-10-13-37(51(48)61)12-8-9-16-50(73)68-53(60(5,6)7)58(78)70-30-42(71)29-47(70)56(76)64-34(3)36-17-19-38(20-18-36)52-35(4)63-32-85-52/h10,13,15,17-21,23,27-28,32-34,41-42,45-47,53,66,71H,8-9,11-12,14,16,22,24-26,29-31H2,1-7H3,(H2,62,72)(H,64,76)(H,65,75)(H,67,74)(H,68,73)(H2,80,81,82)/t34-,41-,42+,45-,46-,47?,53+/m0/s1. The Labute approximate surface area is 502 Å². The van der Waals surface area contributed by atoms with Crippen LogP contribution >= 0.6 is 30.5 Å². The van der Waals surface area contributed by atoms with E-state index in [0.29, 0.717) is 53.8 Å². The molecule has 10 N–H and O–H groups in total. The van der Waals surface area contributed by atoms with Gasteiger partial charge in [-0.2, -0.15) is 0 Å². The minimum Gasteiger partial charge on any atom is -0.490 e. The summed E-state index contributed by atoms with van der Waals surface area (Å²) in [5.41, 5.74) is 8.97. The molecule has 2 aromatic heterocycles. The van der Waals surface area contributed by atoms with Crippen molar-refractivity contribution in [2.75, 3.05) is 19.7 Å². The van der Waals surface area contributed by atoms with Crippen molar-refractivity contribution in [3.8, 4) is 16.2 Å². The zero-order valence-corrected chi connectivity index (χ0v) is 51.3. The molecule has 85 heavy (non-hydrogen) atoms. The number of carbonyl (C=O) groups is 8. The molecular weight excluding hydrogens is 1150 g/mol. The molecule has 0 saturated carbocycles. The highest BCUT2D eigenvalue weighted by Crippen LogP contribution is 2.40. The summed E-state index contributed by atoms with van der Waals surface area (Å²) >= 11 is 8.45. The van der Waals surface area contributed by atoms with E-state index in [1.165, 1.54) is 34.1 Å². The second kappa shape index (κ2) is 28.5. The van der Waals surface area contributed by atoms with Crippen LogP contribution in [-0.2, 0) is 39.8 Å². The largest absolute Gasteiger partial charge is 0.490 e. The summed E-state index contributed by atoms with van der Waals surface area (Å²) in [5, 5.41) is 23.1. The maximum absolute atomic E-state index is 14.3. The Hall–Kier alpha value is -7.01. The van der Waals surface area contributed by atoms with E-state index >= 15 is 0 Å². The first kappa shape index (κ1) is 65.5. The summed E-state index contributed by atoms with van der Waals surface area (Å²) in [6.45, 7) is 13.1. The quantitative estimate of drug-likeness (QED) is 0.0208. The molecule has 458 valence electrons. The lowest BCUT2D eigenvalue weighted by Crippen LogP contribution is -2.57. The van der Waals surface area contributed by atoms with Crippen molar-refractivity contribution in [3.05, 3.63) is 105 Å². The SMILES string of the molecule is Cc1ncsc1-c1ccc([C@H](C)NC(=O)C2C[C@@H](O)CN2C(=O)[C@@H](NC(=O)CCCCc2cccc(OC[C@H](CCC(N)=O)NC(=O)[C@@H]3CCCN3C(=O)[C@H](CC(C)C)NC(=O)c3cc4cc(C(=O)P(=O)(O)O)ccc4[nH]3)c2Cl)C(C)(C)C)cc1. The number of primary amides is 1. The Morgan fingerprint density at radius 2 is 1.61 bits per heavy atom. The number of aliphatic hydroxyl groups excluding tert-OH is 1. The maximum atomic E-state index is 14.3. The highest BCUT2D eigenvalue weighted by molar-refractivity contribution is 7.70. The molecule has 2 fully saturated rings. The zero-order valence-electron chi connectivity index (χ0n) is 48.8. The molecule has 2 saturated heterocycles. The van der Waals surface area contributed by atoms with Gasteiger partial charge >= 0.3 is 7.60 Å². The van der Waals surface area contributed by atoms with E-state index in [1.54, 1.807) is 29.0 Å². The third-order valence-electron chi connectivity index (χ3n) is 15.3. The topological polar surface area (TPSA) is 333 Å². The number of aromatic amines is 1. The molecule has 22 nitrogen and oxygen atoms in total. The number of halogens is 1. The van der Waals surface area contributed by atoms with Gasteiger partial charge in [-0.3, -0.25) is 42.9 Å². The van der Waals surface area contributed by atoms with Crippen LogP contribution in [0.25, 0.3) is 21.3 Å². The van der Waals surface area contributed by atoms with Gasteiger partial charge in [0.2, 0.25) is 35.4 Å². The van der Waals surface area contributed by atoms with Gasteiger partial charge in [0.15, 0.2) is 0 Å². The van der Waals surface area contributed by atoms with Crippen LogP contribution in [0.1, 0.15) is 143 Å². The number of thiazole rings is 1. The summed E-state index contributed by atoms with van der Waals surface area (Å²) in [4.78, 5) is 138. The number of aromatic nitrogens is 2.